The molecule has 37 heavy (non-hydrogen) atoms. The summed E-state index contributed by atoms with van der Waals surface area (Å²) in [6, 6.07) is 6.69. The Morgan fingerprint density at radius 2 is 1.92 bits per heavy atom. The number of piperidine rings is 1. The van der Waals surface area contributed by atoms with Crippen LogP contribution in [0.3, 0.4) is 0 Å². The minimum Gasteiger partial charge on any atom is -0.508 e. The summed E-state index contributed by atoms with van der Waals surface area (Å²) in [6.45, 7) is 4.80. The monoisotopic (exact) mass is 511 g/mol. The maximum Gasteiger partial charge on any atom is 0.273 e. The molecule has 0 bridgehead atoms. The normalized spacial score (nSPS) is 17.8. The first-order chi connectivity index (χ1) is 17.7. The van der Waals surface area contributed by atoms with Gasteiger partial charge in [-0.25, -0.2) is 0 Å². The summed E-state index contributed by atoms with van der Waals surface area (Å²) in [5.41, 5.74) is 7.68. The van der Waals surface area contributed by atoms with Gasteiger partial charge < -0.3 is 30.9 Å². The fourth-order valence-corrected chi connectivity index (χ4v) is 4.70. The number of aromatic hydroxyl groups is 1. The van der Waals surface area contributed by atoms with Crippen molar-refractivity contribution in [3.8, 4) is 5.75 Å². The fraction of sp³-hybridized carbons (Fsp3) is 0.556. The van der Waals surface area contributed by atoms with E-state index in [1.807, 2.05) is 13.0 Å². The molecule has 2 fully saturated rings. The second-order valence-corrected chi connectivity index (χ2v) is 10.5. The lowest BCUT2D eigenvalue weighted by atomic mass is 9.94. The van der Waals surface area contributed by atoms with Crippen LogP contribution in [0.4, 0.5) is 0 Å². The minimum atomic E-state index is -0.455. The summed E-state index contributed by atoms with van der Waals surface area (Å²) < 4.78 is 5.28. The van der Waals surface area contributed by atoms with E-state index in [2.05, 4.69) is 15.8 Å². The standard InChI is InChI=1S/C27H37N5O5/c1-16-11-18(3-6-23(16)33)13-20(15-29-25(34)12-17(2)28)27(36)32-9-7-21(8-10-32)30-26(35)22-14-24(37-31-22)19-4-5-19/h3,6,11,14,17,19-21,33H,4-5,7-10,12-13,15,28H2,1-2H3,(H,29,34)(H,30,35). The van der Waals surface area contributed by atoms with E-state index in [4.69, 9.17) is 10.3 Å². The molecule has 3 amide bonds. The van der Waals surface area contributed by atoms with Crippen LogP contribution in [0.25, 0.3) is 0 Å². The van der Waals surface area contributed by atoms with E-state index in [0.717, 1.165) is 29.7 Å². The number of phenols is 1. The topological polar surface area (TPSA) is 151 Å². The predicted molar refractivity (Wildman–Crippen MR) is 137 cm³/mol. The van der Waals surface area contributed by atoms with E-state index < -0.39 is 5.92 Å². The van der Waals surface area contributed by atoms with E-state index in [1.165, 1.54) is 0 Å². The molecule has 4 rings (SSSR count). The van der Waals surface area contributed by atoms with Gasteiger partial charge in [-0.2, -0.15) is 0 Å². The smallest absolute Gasteiger partial charge is 0.273 e. The largest absolute Gasteiger partial charge is 0.508 e. The highest BCUT2D eigenvalue weighted by Crippen LogP contribution is 2.40. The fourth-order valence-electron chi connectivity index (χ4n) is 4.70. The van der Waals surface area contributed by atoms with Crippen LogP contribution in [0.15, 0.2) is 28.8 Å². The third kappa shape index (κ3) is 7.31. The van der Waals surface area contributed by atoms with Gasteiger partial charge in [-0.3, -0.25) is 14.4 Å². The van der Waals surface area contributed by atoms with Gasteiger partial charge in [0.2, 0.25) is 11.8 Å². The summed E-state index contributed by atoms with van der Waals surface area (Å²) in [5.74, 6) is 0.436. The van der Waals surface area contributed by atoms with Gasteiger partial charge in [-0.1, -0.05) is 17.3 Å². The Morgan fingerprint density at radius 3 is 2.57 bits per heavy atom. The van der Waals surface area contributed by atoms with Crippen LogP contribution in [0.2, 0.25) is 0 Å². The van der Waals surface area contributed by atoms with Crippen molar-refractivity contribution >= 4 is 17.7 Å². The molecule has 2 aromatic rings. The van der Waals surface area contributed by atoms with Gasteiger partial charge in [0.15, 0.2) is 5.69 Å². The maximum atomic E-state index is 13.5. The van der Waals surface area contributed by atoms with Crippen LogP contribution in [0, 0.1) is 12.8 Å². The summed E-state index contributed by atoms with van der Waals surface area (Å²) in [5, 5.41) is 19.6. The molecule has 2 heterocycles. The Kier molecular flexibility index (Phi) is 8.48. The molecule has 2 unspecified atom stereocenters. The third-order valence-corrected chi connectivity index (χ3v) is 7.03. The maximum absolute atomic E-state index is 13.5. The molecule has 0 radical (unpaired) electrons. The third-order valence-electron chi connectivity index (χ3n) is 7.03. The van der Waals surface area contributed by atoms with Gasteiger partial charge in [0.1, 0.15) is 11.5 Å². The first-order valence-corrected chi connectivity index (χ1v) is 13.1. The number of benzene rings is 1. The molecule has 1 aromatic carbocycles. The van der Waals surface area contributed by atoms with Crippen LogP contribution in [-0.2, 0) is 16.0 Å². The molecule has 10 nitrogen and oxygen atoms in total. The Balaban J connectivity index is 1.33. The van der Waals surface area contributed by atoms with Gasteiger partial charge in [-0.05, 0) is 63.1 Å². The van der Waals surface area contributed by atoms with E-state index in [1.54, 1.807) is 30.0 Å². The molecule has 2 aliphatic rings. The molecule has 10 heteroatoms. The van der Waals surface area contributed by atoms with Crippen molar-refractivity contribution in [3.05, 3.63) is 46.8 Å². The van der Waals surface area contributed by atoms with Gasteiger partial charge in [0, 0.05) is 50.1 Å². The molecule has 1 saturated carbocycles. The van der Waals surface area contributed by atoms with Crippen molar-refractivity contribution in [2.24, 2.45) is 11.7 Å². The Bertz CT molecular complexity index is 1120. The first-order valence-electron chi connectivity index (χ1n) is 13.1. The summed E-state index contributed by atoms with van der Waals surface area (Å²) in [6.07, 6.45) is 4.04. The van der Waals surface area contributed by atoms with Crippen molar-refractivity contribution < 1.29 is 24.0 Å². The highest BCUT2D eigenvalue weighted by Gasteiger charge is 2.31. The second kappa shape index (κ2) is 11.8. The van der Waals surface area contributed by atoms with Crippen molar-refractivity contribution in [2.45, 2.75) is 70.4 Å². The molecule has 1 aliphatic heterocycles. The number of rotatable bonds is 10. The van der Waals surface area contributed by atoms with Crippen LogP contribution in [-0.4, -0.2) is 64.6 Å². The SMILES string of the molecule is Cc1cc(CC(CNC(=O)CC(C)N)C(=O)N2CCC(NC(=O)c3cc(C4CC4)on3)CC2)ccc1O. The van der Waals surface area contributed by atoms with Crippen LogP contribution in [0.1, 0.15) is 72.3 Å². The predicted octanol–water partition coefficient (Wildman–Crippen LogP) is 2.00. The summed E-state index contributed by atoms with van der Waals surface area (Å²) >= 11 is 0. The van der Waals surface area contributed by atoms with Gasteiger partial charge in [-0.15, -0.1) is 0 Å². The number of phenolic OH excluding ortho intramolecular Hbond substituents is 1. The van der Waals surface area contributed by atoms with Gasteiger partial charge >= 0.3 is 0 Å². The highest BCUT2D eigenvalue weighted by atomic mass is 16.5. The molecular formula is C27H37N5O5. The summed E-state index contributed by atoms with van der Waals surface area (Å²) in [7, 11) is 0. The van der Waals surface area contributed by atoms with E-state index in [-0.39, 0.29) is 48.5 Å². The molecular weight excluding hydrogens is 474 g/mol. The zero-order chi connectivity index (χ0) is 26.5. The lowest BCUT2D eigenvalue weighted by Gasteiger charge is -2.34. The number of carbonyl (C=O) groups excluding carboxylic acids is 3. The van der Waals surface area contributed by atoms with Crippen molar-refractivity contribution in [1.82, 2.24) is 20.7 Å². The first kappa shape index (κ1) is 26.7. The van der Waals surface area contributed by atoms with Crippen LogP contribution >= 0.6 is 0 Å². The van der Waals surface area contributed by atoms with Crippen molar-refractivity contribution in [2.75, 3.05) is 19.6 Å². The quantitative estimate of drug-likeness (QED) is 0.381. The number of aryl methyl sites for hydroxylation is 1. The lowest BCUT2D eigenvalue weighted by molar-refractivity contribution is -0.136. The molecule has 1 saturated heterocycles. The van der Waals surface area contributed by atoms with E-state index >= 15 is 0 Å². The number of amides is 3. The Morgan fingerprint density at radius 1 is 1.19 bits per heavy atom. The molecule has 1 aliphatic carbocycles. The van der Waals surface area contributed by atoms with Crippen molar-refractivity contribution in [3.63, 3.8) is 0 Å². The Hall–Kier alpha value is -3.40. The summed E-state index contributed by atoms with van der Waals surface area (Å²) in [4.78, 5) is 40.1. The number of likely N-dealkylation sites (tertiary alicyclic amines) is 1. The average molecular weight is 512 g/mol. The highest BCUT2D eigenvalue weighted by molar-refractivity contribution is 5.92. The number of nitrogens with one attached hydrogen (secondary N) is 2. The number of carbonyl (C=O) groups is 3. The Labute approximate surface area is 216 Å². The number of nitrogens with two attached hydrogens (primary N) is 1. The number of hydrogen-bond acceptors (Lipinski definition) is 7. The van der Waals surface area contributed by atoms with Gasteiger partial charge in [0.25, 0.3) is 5.91 Å². The number of aromatic nitrogens is 1. The molecule has 0 spiro atoms. The van der Waals surface area contributed by atoms with Crippen molar-refractivity contribution in [1.29, 1.82) is 0 Å². The molecule has 200 valence electrons. The number of hydrogen-bond donors (Lipinski definition) is 4. The van der Waals surface area contributed by atoms with Crippen LogP contribution < -0.4 is 16.4 Å². The lowest BCUT2D eigenvalue weighted by Crippen LogP contribution is -2.50. The van der Waals surface area contributed by atoms with Gasteiger partial charge in [0.05, 0.1) is 5.92 Å². The zero-order valence-electron chi connectivity index (χ0n) is 21.5. The molecule has 2 atom stereocenters. The second-order valence-electron chi connectivity index (χ2n) is 10.5. The number of nitrogens with zero attached hydrogens (tertiary/aromatic N) is 2. The van der Waals surface area contributed by atoms with E-state index in [0.29, 0.717) is 44.0 Å². The molecule has 1 aromatic heterocycles. The van der Waals surface area contributed by atoms with Crippen LogP contribution in [0.5, 0.6) is 5.75 Å². The van der Waals surface area contributed by atoms with E-state index in [9.17, 15) is 19.5 Å². The molecule has 5 N–H and O–H groups in total. The zero-order valence-corrected chi connectivity index (χ0v) is 21.5. The average Bonchev–Trinajstić information content (AvgIpc) is 3.59. The minimum absolute atomic E-state index is 0.0397.